The van der Waals surface area contributed by atoms with Crippen molar-refractivity contribution in [3.63, 3.8) is 0 Å². The highest BCUT2D eigenvalue weighted by molar-refractivity contribution is 6.39. The predicted octanol–water partition coefficient (Wildman–Crippen LogP) is 3.49. The molecule has 0 aromatic heterocycles. The molecule has 5 heteroatoms. The van der Waals surface area contributed by atoms with Crippen LogP contribution in [-0.4, -0.2) is 11.9 Å². The van der Waals surface area contributed by atoms with E-state index in [0.717, 1.165) is 19.3 Å². The molecule has 0 aliphatic heterocycles. The number of hydrogen-bond donors (Lipinski definition) is 2. The summed E-state index contributed by atoms with van der Waals surface area (Å²) in [5.41, 5.74) is 6.41. The number of rotatable bonds is 2. The molecule has 1 aromatic rings. The maximum Gasteiger partial charge on any atom is 0.251 e. The molecular weight excluding hydrogens is 271 g/mol. The fourth-order valence-electron chi connectivity index (χ4n) is 2.33. The van der Waals surface area contributed by atoms with Crippen molar-refractivity contribution in [1.82, 2.24) is 5.32 Å². The highest BCUT2D eigenvalue weighted by Crippen LogP contribution is 2.29. The first-order valence-corrected chi connectivity index (χ1v) is 6.80. The van der Waals surface area contributed by atoms with Crippen LogP contribution in [-0.2, 0) is 0 Å². The maximum absolute atomic E-state index is 12.1. The average Bonchev–Trinajstić information content (AvgIpc) is 2.71. The Morgan fingerprint density at radius 3 is 2.44 bits per heavy atom. The molecule has 2 unspecified atom stereocenters. The van der Waals surface area contributed by atoms with Crippen LogP contribution in [0.2, 0.25) is 10.0 Å². The lowest BCUT2D eigenvalue weighted by atomic mass is 10.1. The molecule has 0 heterocycles. The van der Waals surface area contributed by atoms with Crippen LogP contribution >= 0.6 is 23.2 Å². The summed E-state index contributed by atoms with van der Waals surface area (Å²) < 4.78 is 0. The molecule has 1 aliphatic carbocycles. The first-order valence-electron chi connectivity index (χ1n) is 6.04. The van der Waals surface area contributed by atoms with Crippen LogP contribution in [0.5, 0.6) is 0 Å². The zero-order valence-corrected chi connectivity index (χ0v) is 11.7. The van der Waals surface area contributed by atoms with E-state index < -0.39 is 0 Å². The molecule has 2 atom stereocenters. The SMILES string of the molecule is CC1CCCC1NC(=O)c1cc(Cl)c(N)c(Cl)c1. The molecule has 0 saturated heterocycles. The number of halogens is 2. The van der Waals surface area contributed by atoms with Crippen molar-refractivity contribution in [1.29, 1.82) is 0 Å². The van der Waals surface area contributed by atoms with Gasteiger partial charge in [0, 0.05) is 11.6 Å². The zero-order chi connectivity index (χ0) is 13.3. The van der Waals surface area contributed by atoms with Gasteiger partial charge in [-0.3, -0.25) is 4.79 Å². The lowest BCUT2D eigenvalue weighted by molar-refractivity contribution is 0.0929. The minimum Gasteiger partial charge on any atom is -0.396 e. The Kier molecular flexibility index (Phi) is 4.03. The summed E-state index contributed by atoms with van der Waals surface area (Å²) in [6, 6.07) is 3.35. The number of nitrogens with two attached hydrogens (primary N) is 1. The van der Waals surface area contributed by atoms with Crippen molar-refractivity contribution < 1.29 is 4.79 Å². The first kappa shape index (κ1) is 13.5. The van der Waals surface area contributed by atoms with Crippen LogP contribution in [0, 0.1) is 5.92 Å². The third kappa shape index (κ3) is 2.73. The van der Waals surface area contributed by atoms with Crippen LogP contribution in [0.15, 0.2) is 12.1 Å². The molecule has 1 aliphatic rings. The summed E-state index contributed by atoms with van der Waals surface area (Å²) in [6.45, 7) is 2.15. The molecule has 1 fully saturated rings. The topological polar surface area (TPSA) is 55.1 Å². The third-order valence-corrected chi connectivity index (χ3v) is 4.14. The van der Waals surface area contributed by atoms with Crippen molar-refractivity contribution in [3.8, 4) is 0 Å². The van der Waals surface area contributed by atoms with Crippen molar-refractivity contribution >= 4 is 34.8 Å². The van der Waals surface area contributed by atoms with Gasteiger partial charge in [-0.05, 0) is 30.9 Å². The van der Waals surface area contributed by atoms with E-state index in [1.54, 1.807) is 12.1 Å². The van der Waals surface area contributed by atoms with Gasteiger partial charge in [0.1, 0.15) is 0 Å². The van der Waals surface area contributed by atoms with Gasteiger partial charge in [-0.2, -0.15) is 0 Å². The average molecular weight is 287 g/mol. The first-order chi connectivity index (χ1) is 8.49. The van der Waals surface area contributed by atoms with E-state index in [0.29, 0.717) is 27.2 Å². The predicted molar refractivity (Wildman–Crippen MR) is 75.1 cm³/mol. The van der Waals surface area contributed by atoms with E-state index in [2.05, 4.69) is 12.2 Å². The van der Waals surface area contributed by atoms with E-state index in [1.165, 1.54) is 0 Å². The minimum atomic E-state index is -0.141. The summed E-state index contributed by atoms with van der Waals surface area (Å²) in [7, 11) is 0. The highest BCUT2D eigenvalue weighted by Gasteiger charge is 2.25. The third-order valence-electron chi connectivity index (χ3n) is 3.52. The molecule has 98 valence electrons. The number of carbonyl (C=O) groups is 1. The lowest BCUT2D eigenvalue weighted by Crippen LogP contribution is -2.36. The summed E-state index contributed by atoms with van der Waals surface area (Å²) in [4.78, 5) is 12.1. The number of amides is 1. The molecule has 1 aromatic carbocycles. The van der Waals surface area contributed by atoms with Crippen molar-refractivity contribution in [2.75, 3.05) is 5.73 Å². The quantitative estimate of drug-likeness (QED) is 0.818. The summed E-state index contributed by atoms with van der Waals surface area (Å²) in [5, 5.41) is 3.65. The number of hydrogen-bond acceptors (Lipinski definition) is 2. The van der Waals surface area contributed by atoms with Crippen LogP contribution in [0.25, 0.3) is 0 Å². The molecule has 3 nitrogen and oxygen atoms in total. The van der Waals surface area contributed by atoms with E-state index in [9.17, 15) is 4.79 Å². The number of anilines is 1. The number of nitrogens with one attached hydrogen (secondary N) is 1. The molecule has 2 rings (SSSR count). The van der Waals surface area contributed by atoms with Gasteiger partial charge in [0.2, 0.25) is 0 Å². The van der Waals surface area contributed by atoms with E-state index in [-0.39, 0.29) is 11.9 Å². The second-order valence-corrected chi connectivity index (χ2v) is 5.66. The normalized spacial score (nSPS) is 23.1. The highest BCUT2D eigenvalue weighted by atomic mass is 35.5. The standard InChI is InChI=1S/C13H16Cl2N2O/c1-7-3-2-4-11(7)17-13(18)8-5-9(14)12(16)10(15)6-8/h5-7,11H,2-4,16H2,1H3,(H,17,18). The van der Waals surface area contributed by atoms with Gasteiger partial charge in [0.05, 0.1) is 15.7 Å². The Bertz CT molecular complexity index is 453. The second kappa shape index (κ2) is 5.37. The number of carbonyl (C=O) groups excluding carboxylic acids is 1. The van der Waals surface area contributed by atoms with Crippen LogP contribution in [0.4, 0.5) is 5.69 Å². The van der Waals surface area contributed by atoms with Crippen LogP contribution < -0.4 is 11.1 Å². The monoisotopic (exact) mass is 286 g/mol. The Morgan fingerprint density at radius 2 is 1.94 bits per heavy atom. The smallest absolute Gasteiger partial charge is 0.251 e. The fourth-order valence-corrected chi connectivity index (χ4v) is 2.81. The Hall–Kier alpha value is -0.930. The van der Waals surface area contributed by atoms with Gasteiger partial charge in [-0.25, -0.2) is 0 Å². The number of benzene rings is 1. The van der Waals surface area contributed by atoms with Gasteiger partial charge in [0.25, 0.3) is 5.91 Å². The molecule has 1 amide bonds. The van der Waals surface area contributed by atoms with Crippen LogP contribution in [0.3, 0.4) is 0 Å². The molecule has 0 spiro atoms. The van der Waals surface area contributed by atoms with Crippen molar-refractivity contribution in [2.24, 2.45) is 5.92 Å². The second-order valence-electron chi connectivity index (χ2n) is 4.84. The van der Waals surface area contributed by atoms with E-state index in [1.807, 2.05) is 0 Å². The molecule has 3 N–H and O–H groups in total. The van der Waals surface area contributed by atoms with Gasteiger partial charge in [-0.1, -0.05) is 36.5 Å². The van der Waals surface area contributed by atoms with E-state index >= 15 is 0 Å². The lowest BCUT2D eigenvalue weighted by Gasteiger charge is -2.17. The summed E-state index contributed by atoms with van der Waals surface area (Å²) in [5.74, 6) is 0.381. The van der Waals surface area contributed by atoms with Gasteiger partial charge >= 0.3 is 0 Å². The fraction of sp³-hybridized carbons (Fsp3) is 0.462. The molecule has 1 saturated carbocycles. The largest absolute Gasteiger partial charge is 0.396 e. The van der Waals surface area contributed by atoms with Crippen molar-refractivity contribution in [3.05, 3.63) is 27.7 Å². The summed E-state index contributed by atoms with van der Waals surface area (Å²) in [6.07, 6.45) is 3.35. The van der Waals surface area contributed by atoms with Crippen LogP contribution in [0.1, 0.15) is 36.5 Å². The molecule has 0 bridgehead atoms. The van der Waals surface area contributed by atoms with Gasteiger partial charge in [-0.15, -0.1) is 0 Å². The maximum atomic E-state index is 12.1. The van der Waals surface area contributed by atoms with E-state index in [4.69, 9.17) is 28.9 Å². The minimum absolute atomic E-state index is 0.141. The molecule has 18 heavy (non-hydrogen) atoms. The van der Waals surface area contributed by atoms with Gasteiger partial charge < -0.3 is 11.1 Å². The Labute approximate surface area is 117 Å². The van der Waals surface area contributed by atoms with Crippen molar-refractivity contribution in [2.45, 2.75) is 32.2 Å². The molecule has 0 radical (unpaired) electrons. The number of nitrogen functional groups attached to an aromatic ring is 1. The molecular formula is C13H16Cl2N2O. The zero-order valence-electron chi connectivity index (χ0n) is 10.2. The Balaban J connectivity index is 2.14. The van der Waals surface area contributed by atoms with Gasteiger partial charge in [0.15, 0.2) is 0 Å². The summed E-state index contributed by atoms with van der Waals surface area (Å²) >= 11 is 11.8. The Morgan fingerprint density at radius 1 is 1.33 bits per heavy atom.